The summed E-state index contributed by atoms with van der Waals surface area (Å²) in [5, 5.41) is 11.3. The van der Waals surface area contributed by atoms with Gasteiger partial charge in [-0.1, -0.05) is 17.7 Å². The lowest BCUT2D eigenvalue weighted by molar-refractivity contribution is 0.0697. The Morgan fingerprint density at radius 2 is 2.12 bits per heavy atom. The maximum atomic E-state index is 10.9. The zero-order valence-electron chi connectivity index (χ0n) is 8.53. The first-order chi connectivity index (χ1) is 7.58. The quantitative estimate of drug-likeness (QED) is 0.875. The summed E-state index contributed by atoms with van der Waals surface area (Å²) in [4.78, 5) is 12.0. The summed E-state index contributed by atoms with van der Waals surface area (Å²) in [6, 6.07) is 7.09. The molecule has 4 heteroatoms. The van der Waals surface area contributed by atoms with Gasteiger partial charge in [0.1, 0.15) is 0 Å². The van der Waals surface area contributed by atoms with Gasteiger partial charge in [-0.05, 0) is 41.6 Å². The van der Waals surface area contributed by atoms with Crippen molar-refractivity contribution in [3.05, 3.63) is 45.8 Å². The van der Waals surface area contributed by atoms with Crippen molar-refractivity contribution < 1.29 is 9.90 Å². The first-order valence-electron chi connectivity index (χ1n) is 4.66. The number of rotatable bonds is 2. The molecule has 0 saturated carbocycles. The number of carboxylic acid groups (broad SMARTS) is 1. The fourth-order valence-electron chi connectivity index (χ4n) is 1.43. The minimum absolute atomic E-state index is 0.144. The Labute approximate surface area is 102 Å². The molecule has 1 aromatic heterocycles. The van der Waals surface area contributed by atoms with E-state index in [2.05, 4.69) is 0 Å². The topological polar surface area (TPSA) is 37.3 Å². The van der Waals surface area contributed by atoms with Crippen molar-refractivity contribution in [2.24, 2.45) is 0 Å². The van der Waals surface area contributed by atoms with E-state index in [1.165, 1.54) is 5.56 Å². The average molecular weight is 253 g/mol. The highest BCUT2D eigenvalue weighted by atomic mass is 35.5. The number of halogens is 1. The fraction of sp³-hybridized carbons (Fsp3) is 0.0833. The van der Waals surface area contributed by atoms with Gasteiger partial charge in [0, 0.05) is 4.88 Å². The van der Waals surface area contributed by atoms with Gasteiger partial charge in [0.2, 0.25) is 0 Å². The van der Waals surface area contributed by atoms with Gasteiger partial charge in [-0.2, -0.15) is 0 Å². The molecule has 0 radical (unpaired) electrons. The Hall–Kier alpha value is -1.32. The molecule has 1 N–H and O–H groups in total. The van der Waals surface area contributed by atoms with Gasteiger partial charge in [-0.15, -0.1) is 11.3 Å². The predicted molar refractivity (Wildman–Crippen MR) is 66.5 cm³/mol. The SMILES string of the molecule is Cc1csc(-c2ccc(Cl)c(C(=O)O)c2)c1. The van der Waals surface area contributed by atoms with E-state index in [-0.39, 0.29) is 10.6 Å². The zero-order chi connectivity index (χ0) is 11.7. The smallest absolute Gasteiger partial charge is 0.337 e. The normalized spacial score (nSPS) is 10.4. The summed E-state index contributed by atoms with van der Waals surface area (Å²) in [6.45, 7) is 2.01. The third-order valence-corrected chi connectivity index (χ3v) is 3.64. The summed E-state index contributed by atoms with van der Waals surface area (Å²) >= 11 is 7.40. The summed E-state index contributed by atoms with van der Waals surface area (Å²) in [5.41, 5.74) is 2.21. The Morgan fingerprint density at radius 3 is 2.69 bits per heavy atom. The maximum Gasteiger partial charge on any atom is 0.337 e. The van der Waals surface area contributed by atoms with Gasteiger partial charge in [0.15, 0.2) is 0 Å². The number of benzene rings is 1. The third kappa shape index (κ3) is 2.10. The number of carboxylic acids is 1. The molecule has 0 aliphatic carbocycles. The molecule has 0 spiro atoms. The van der Waals surface area contributed by atoms with E-state index in [0.717, 1.165) is 10.4 Å². The van der Waals surface area contributed by atoms with Crippen LogP contribution in [0.2, 0.25) is 5.02 Å². The van der Waals surface area contributed by atoms with Crippen LogP contribution in [0.4, 0.5) is 0 Å². The van der Waals surface area contributed by atoms with Gasteiger partial charge >= 0.3 is 5.97 Å². The first kappa shape index (κ1) is 11.2. The Kier molecular flexibility index (Phi) is 2.99. The molecule has 0 fully saturated rings. The van der Waals surface area contributed by atoms with Crippen LogP contribution < -0.4 is 0 Å². The fourth-order valence-corrected chi connectivity index (χ4v) is 2.52. The number of hydrogen-bond donors (Lipinski definition) is 1. The van der Waals surface area contributed by atoms with Crippen LogP contribution in [0.15, 0.2) is 29.6 Å². The molecule has 0 bridgehead atoms. The first-order valence-corrected chi connectivity index (χ1v) is 5.92. The number of carbonyl (C=O) groups is 1. The highest BCUT2D eigenvalue weighted by molar-refractivity contribution is 7.13. The molecule has 82 valence electrons. The van der Waals surface area contributed by atoms with Crippen molar-refractivity contribution in [1.82, 2.24) is 0 Å². The lowest BCUT2D eigenvalue weighted by Crippen LogP contribution is -1.97. The van der Waals surface area contributed by atoms with Crippen LogP contribution in [-0.2, 0) is 0 Å². The zero-order valence-corrected chi connectivity index (χ0v) is 10.1. The minimum atomic E-state index is -1.000. The molecule has 16 heavy (non-hydrogen) atoms. The highest BCUT2D eigenvalue weighted by Crippen LogP contribution is 2.29. The number of aromatic carboxylic acids is 1. The van der Waals surface area contributed by atoms with Crippen LogP contribution in [0.1, 0.15) is 15.9 Å². The largest absolute Gasteiger partial charge is 0.478 e. The average Bonchev–Trinajstić information content (AvgIpc) is 2.65. The molecule has 0 aliphatic heterocycles. The van der Waals surface area contributed by atoms with E-state index in [1.54, 1.807) is 23.5 Å². The van der Waals surface area contributed by atoms with Crippen LogP contribution in [0.25, 0.3) is 10.4 Å². The Bertz CT molecular complexity index is 546. The van der Waals surface area contributed by atoms with Crippen LogP contribution in [0, 0.1) is 6.92 Å². The molecule has 1 heterocycles. The molecule has 2 rings (SSSR count). The second-order valence-corrected chi connectivity index (χ2v) is 4.81. The van der Waals surface area contributed by atoms with Crippen LogP contribution in [0.5, 0.6) is 0 Å². The summed E-state index contributed by atoms with van der Waals surface area (Å²) in [6.07, 6.45) is 0. The van der Waals surface area contributed by atoms with Gasteiger partial charge in [0.05, 0.1) is 10.6 Å². The summed E-state index contributed by atoms with van der Waals surface area (Å²) < 4.78 is 0. The molecular formula is C12H9ClO2S. The van der Waals surface area contributed by atoms with E-state index in [0.29, 0.717) is 0 Å². The highest BCUT2D eigenvalue weighted by Gasteiger charge is 2.10. The summed E-state index contributed by atoms with van der Waals surface area (Å²) in [7, 11) is 0. The second-order valence-electron chi connectivity index (χ2n) is 3.49. The van der Waals surface area contributed by atoms with Crippen molar-refractivity contribution in [2.75, 3.05) is 0 Å². The molecule has 0 aliphatic rings. The van der Waals surface area contributed by atoms with Crippen molar-refractivity contribution in [2.45, 2.75) is 6.92 Å². The molecule has 2 aromatic rings. The molecule has 2 nitrogen and oxygen atoms in total. The molecule has 0 amide bonds. The standard InChI is InChI=1S/C12H9ClO2S/c1-7-4-11(16-6-7)8-2-3-10(13)9(5-8)12(14)15/h2-6H,1H3,(H,14,15). The van der Waals surface area contributed by atoms with Crippen molar-refractivity contribution >= 4 is 28.9 Å². The number of aryl methyl sites for hydroxylation is 1. The third-order valence-electron chi connectivity index (χ3n) is 2.21. The molecule has 0 unspecified atom stereocenters. The monoisotopic (exact) mass is 252 g/mol. The van der Waals surface area contributed by atoms with Gasteiger partial charge in [0.25, 0.3) is 0 Å². The predicted octanol–water partition coefficient (Wildman–Crippen LogP) is 4.08. The molecular weight excluding hydrogens is 244 g/mol. The van der Waals surface area contributed by atoms with E-state index in [4.69, 9.17) is 16.7 Å². The van der Waals surface area contributed by atoms with E-state index in [1.807, 2.05) is 24.4 Å². The lowest BCUT2D eigenvalue weighted by atomic mass is 10.1. The van der Waals surface area contributed by atoms with Gasteiger partial charge in [-0.3, -0.25) is 0 Å². The van der Waals surface area contributed by atoms with Crippen LogP contribution in [0.3, 0.4) is 0 Å². The van der Waals surface area contributed by atoms with Crippen LogP contribution >= 0.6 is 22.9 Å². The Morgan fingerprint density at radius 1 is 1.38 bits per heavy atom. The van der Waals surface area contributed by atoms with E-state index in [9.17, 15) is 4.79 Å². The van der Waals surface area contributed by atoms with E-state index < -0.39 is 5.97 Å². The minimum Gasteiger partial charge on any atom is -0.478 e. The summed E-state index contributed by atoms with van der Waals surface area (Å²) in [5.74, 6) is -1.000. The molecule has 1 aromatic carbocycles. The van der Waals surface area contributed by atoms with Gasteiger partial charge < -0.3 is 5.11 Å². The second kappa shape index (κ2) is 4.28. The van der Waals surface area contributed by atoms with Crippen molar-refractivity contribution in [3.63, 3.8) is 0 Å². The number of hydrogen-bond acceptors (Lipinski definition) is 2. The van der Waals surface area contributed by atoms with Crippen molar-refractivity contribution in [1.29, 1.82) is 0 Å². The van der Waals surface area contributed by atoms with Crippen LogP contribution in [-0.4, -0.2) is 11.1 Å². The van der Waals surface area contributed by atoms with Gasteiger partial charge in [-0.25, -0.2) is 4.79 Å². The van der Waals surface area contributed by atoms with Crippen molar-refractivity contribution in [3.8, 4) is 10.4 Å². The van der Waals surface area contributed by atoms with E-state index >= 15 is 0 Å². The lowest BCUT2D eigenvalue weighted by Gasteiger charge is -2.02. The molecule has 0 saturated heterocycles. The Balaban J connectivity index is 2.51. The maximum absolute atomic E-state index is 10.9. The molecule has 0 atom stereocenters. The number of thiophene rings is 1.